The summed E-state index contributed by atoms with van der Waals surface area (Å²) < 4.78 is 0. The summed E-state index contributed by atoms with van der Waals surface area (Å²) in [7, 11) is 0. The maximum Gasteiger partial charge on any atom is 0.134 e. The second-order valence-corrected chi connectivity index (χ2v) is 2.55. The van der Waals surface area contributed by atoms with E-state index in [-0.39, 0.29) is 19.0 Å². The first kappa shape index (κ1) is 10.7. The van der Waals surface area contributed by atoms with Crippen molar-refractivity contribution in [1.29, 1.82) is 0 Å². The van der Waals surface area contributed by atoms with Crippen molar-refractivity contribution in [1.82, 2.24) is 0 Å². The van der Waals surface area contributed by atoms with Crippen molar-refractivity contribution < 1.29 is 9.90 Å². The number of benzene rings is 1. The molecule has 0 atom stereocenters. The van der Waals surface area contributed by atoms with E-state index >= 15 is 0 Å². The summed E-state index contributed by atoms with van der Waals surface area (Å²) >= 11 is 0. The lowest BCUT2D eigenvalue weighted by Crippen LogP contribution is -1.94. The molecule has 1 N–H and O–H groups in total. The average Bonchev–Trinajstić information content (AvgIpc) is 1.93. The Bertz CT molecular complexity index is 249. The Morgan fingerprint density at radius 2 is 1.83 bits per heavy atom. The molecule has 0 saturated carbocycles. The largest absolute Gasteiger partial charge is 0.508 e. The lowest BCUT2D eigenvalue weighted by Gasteiger charge is -1.96. The quantitative estimate of drug-likeness (QED) is 0.731. The Hall–Kier alpha value is -1.31. The van der Waals surface area contributed by atoms with Gasteiger partial charge in [0.1, 0.15) is 11.5 Å². The summed E-state index contributed by atoms with van der Waals surface area (Å²) in [5.41, 5.74) is 0.940. The maximum atomic E-state index is 10.6. The van der Waals surface area contributed by atoms with Gasteiger partial charge < -0.3 is 5.11 Å². The van der Waals surface area contributed by atoms with Crippen molar-refractivity contribution in [2.45, 2.75) is 20.8 Å². The topological polar surface area (TPSA) is 37.3 Å². The van der Waals surface area contributed by atoms with Crippen molar-refractivity contribution in [3.05, 3.63) is 29.8 Å². The predicted octanol–water partition coefficient (Wildman–Crippen LogP) is 2.16. The van der Waals surface area contributed by atoms with Gasteiger partial charge in [0.15, 0.2) is 0 Å². The molecule has 0 unspecified atom stereocenters. The van der Waals surface area contributed by atoms with Gasteiger partial charge in [-0.15, -0.1) is 0 Å². The fourth-order valence-electron chi connectivity index (χ4n) is 0.901. The zero-order chi connectivity index (χ0) is 8.27. The summed E-state index contributed by atoms with van der Waals surface area (Å²) in [6, 6.07) is 6.66. The molecule has 1 aromatic rings. The number of rotatable bonds is 2. The third-order valence-electron chi connectivity index (χ3n) is 1.39. The lowest BCUT2D eigenvalue weighted by molar-refractivity contribution is -0.116. The van der Waals surface area contributed by atoms with Gasteiger partial charge in [0.25, 0.3) is 0 Å². The van der Waals surface area contributed by atoms with Crippen molar-refractivity contribution in [2.75, 3.05) is 0 Å². The molecule has 0 aliphatic rings. The van der Waals surface area contributed by atoms with Crippen LogP contribution in [0.15, 0.2) is 24.3 Å². The van der Waals surface area contributed by atoms with Gasteiger partial charge in [-0.05, 0) is 24.6 Å². The van der Waals surface area contributed by atoms with Crippen LogP contribution in [0.1, 0.15) is 19.9 Å². The lowest BCUT2D eigenvalue weighted by atomic mass is 10.1. The molecule has 2 heteroatoms. The van der Waals surface area contributed by atoms with Gasteiger partial charge in [0.05, 0.1) is 0 Å². The minimum absolute atomic E-state index is 0. The van der Waals surface area contributed by atoms with Crippen LogP contribution in [0.25, 0.3) is 0 Å². The molecule has 66 valence electrons. The summed E-state index contributed by atoms with van der Waals surface area (Å²) in [5, 5.41) is 8.91. The average molecular weight is 166 g/mol. The van der Waals surface area contributed by atoms with Crippen LogP contribution in [-0.4, -0.2) is 10.9 Å². The molecule has 0 spiro atoms. The van der Waals surface area contributed by atoms with Crippen LogP contribution in [0, 0.1) is 0 Å². The number of aromatic hydroxyl groups is 1. The SMILES string of the molecule is C.CC(=O)Cc1ccc(O)cc1. The molecule has 0 radical (unpaired) electrons. The summed E-state index contributed by atoms with van der Waals surface area (Å²) in [4.78, 5) is 10.6. The Balaban J connectivity index is 0.00000121. The highest BCUT2D eigenvalue weighted by Gasteiger charge is 1.95. The third kappa shape index (κ3) is 3.19. The first-order valence-corrected chi connectivity index (χ1v) is 3.46. The molecule has 0 aliphatic heterocycles. The molecule has 1 rings (SSSR count). The molecule has 0 amide bonds. The summed E-state index contributed by atoms with van der Waals surface area (Å²) in [6.07, 6.45) is 0.445. The van der Waals surface area contributed by atoms with E-state index in [0.29, 0.717) is 6.42 Å². The normalized spacial score (nSPS) is 8.75. The number of ketones is 1. The number of carbonyl (C=O) groups is 1. The molecule has 0 saturated heterocycles. The Morgan fingerprint density at radius 3 is 2.25 bits per heavy atom. The monoisotopic (exact) mass is 166 g/mol. The molecule has 2 nitrogen and oxygen atoms in total. The van der Waals surface area contributed by atoms with Gasteiger partial charge in [-0.2, -0.15) is 0 Å². The smallest absolute Gasteiger partial charge is 0.134 e. The van der Waals surface area contributed by atoms with Gasteiger partial charge in [-0.1, -0.05) is 19.6 Å². The molecular formula is C10H14O2. The zero-order valence-electron chi connectivity index (χ0n) is 6.37. The fraction of sp³-hybridized carbons (Fsp3) is 0.300. The van der Waals surface area contributed by atoms with E-state index in [1.165, 1.54) is 0 Å². The molecule has 0 bridgehead atoms. The maximum absolute atomic E-state index is 10.6. The van der Waals surface area contributed by atoms with Gasteiger partial charge in [-0.25, -0.2) is 0 Å². The van der Waals surface area contributed by atoms with Gasteiger partial charge >= 0.3 is 0 Å². The number of phenolic OH excluding ortho intramolecular Hbond substituents is 1. The molecule has 12 heavy (non-hydrogen) atoms. The second-order valence-electron chi connectivity index (χ2n) is 2.55. The number of hydrogen-bond acceptors (Lipinski definition) is 2. The highest BCUT2D eigenvalue weighted by atomic mass is 16.3. The van der Waals surface area contributed by atoms with Crippen LogP contribution in [0.4, 0.5) is 0 Å². The summed E-state index contributed by atoms with van der Waals surface area (Å²) in [5.74, 6) is 0.369. The van der Waals surface area contributed by atoms with Crippen LogP contribution in [-0.2, 0) is 11.2 Å². The Labute approximate surface area is 72.9 Å². The predicted molar refractivity (Wildman–Crippen MR) is 49.2 cm³/mol. The minimum atomic E-state index is 0. The number of hydrogen-bond donors (Lipinski definition) is 1. The van der Waals surface area contributed by atoms with E-state index in [9.17, 15) is 4.79 Å². The van der Waals surface area contributed by atoms with E-state index in [1.807, 2.05) is 0 Å². The van der Waals surface area contributed by atoms with Crippen LogP contribution < -0.4 is 0 Å². The standard InChI is InChI=1S/C9H10O2.CH4/c1-7(10)6-8-2-4-9(11)5-3-8;/h2-5,11H,6H2,1H3;1H4. The minimum Gasteiger partial charge on any atom is -0.508 e. The van der Waals surface area contributed by atoms with Crippen LogP contribution >= 0.6 is 0 Å². The number of carbonyl (C=O) groups excluding carboxylic acids is 1. The van der Waals surface area contributed by atoms with Crippen molar-refractivity contribution in [3.8, 4) is 5.75 Å². The second kappa shape index (κ2) is 4.54. The summed E-state index contributed by atoms with van der Waals surface area (Å²) in [6.45, 7) is 1.55. The van der Waals surface area contributed by atoms with Gasteiger partial charge in [0, 0.05) is 6.42 Å². The Kier molecular flexibility index (Phi) is 4.05. The van der Waals surface area contributed by atoms with Crippen molar-refractivity contribution >= 4 is 5.78 Å². The van der Waals surface area contributed by atoms with E-state index in [0.717, 1.165) is 5.56 Å². The van der Waals surface area contributed by atoms with Crippen LogP contribution in [0.2, 0.25) is 0 Å². The van der Waals surface area contributed by atoms with Crippen LogP contribution in [0.3, 0.4) is 0 Å². The van der Waals surface area contributed by atoms with Gasteiger partial charge in [0.2, 0.25) is 0 Å². The number of phenols is 1. The molecule has 0 aliphatic carbocycles. The first-order chi connectivity index (χ1) is 5.18. The molecule has 0 aromatic heterocycles. The third-order valence-corrected chi connectivity index (χ3v) is 1.39. The van der Waals surface area contributed by atoms with Crippen molar-refractivity contribution in [3.63, 3.8) is 0 Å². The highest BCUT2D eigenvalue weighted by molar-refractivity contribution is 5.78. The van der Waals surface area contributed by atoms with E-state index < -0.39 is 0 Å². The van der Waals surface area contributed by atoms with E-state index in [1.54, 1.807) is 31.2 Å². The molecular weight excluding hydrogens is 152 g/mol. The molecule has 1 aromatic carbocycles. The van der Waals surface area contributed by atoms with Crippen molar-refractivity contribution in [2.24, 2.45) is 0 Å². The van der Waals surface area contributed by atoms with E-state index in [4.69, 9.17) is 5.11 Å². The van der Waals surface area contributed by atoms with Crippen LogP contribution in [0.5, 0.6) is 5.75 Å². The highest BCUT2D eigenvalue weighted by Crippen LogP contribution is 2.09. The molecule has 0 heterocycles. The number of Topliss-reactive ketones (excluding diaryl/α,β-unsaturated/α-hetero) is 1. The fourth-order valence-corrected chi connectivity index (χ4v) is 0.901. The van der Waals surface area contributed by atoms with E-state index in [2.05, 4.69) is 0 Å². The zero-order valence-corrected chi connectivity index (χ0v) is 6.37. The molecule has 0 fully saturated rings. The first-order valence-electron chi connectivity index (χ1n) is 3.46. The van der Waals surface area contributed by atoms with Gasteiger partial charge in [-0.3, -0.25) is 4.79 Å². The Morgan fingerprint density at radius 1 is 1.33 bits per heavy atom.